The highest BCUT2D eigenvalue weighted by Gasteiger charge is 2.38. The number of carbonyl (C=O) groups excluding carboxylic acids is 1. The molecule has 0 aromatic heterocycles. The summed E-state index contributed by atoms with van der Waals surface area (Å²) in [5.74, 6) is -0.118. The zero-order valence-electron chi connectivity index (χ0n) is 16.9. The Bertz CT molecular complexity index is 875. The molecule has 0 aliphatic carbocycles. The first-order chi connectivity index (χ1) is 14.9. The predicted molar refractivity (Wildman–Crippen MR) is 112 cm³/mol. The molecule has 0 saturated carbocycles. The molecule has 31 heavy (non-hydrogen) atoms. The zero-order chi connectivity index (χ0) is 22.4. The van der Waals surface area contributed by atoms with Gasteiger partial charge in [0.2, 0.25) is 0 Å². The van der Waals surface area contributed by atoms with Crippen molar-refractivity contribution in [2.75, 3.05) is 26.9 Å². The highest BCUT2D eigenvalue weighted by molar-refractivity contribution is 6.32. The van der Waals surface area contributed by atoms with Gasteiger partial charge in [0.05, 0.1) is 30.9 Å². The maximum atomic E-state index is 12.4. The molecule has 0 radical (unpaired) electrons. The Labute approximate surface area is 184 Å². The molecule has 9 heteroatoms. The molecule has 1 aliphatic rings. The Morgan fingerprint density at radius 3 is 2.61 bits per heavy atom. The number of hydrogen-bond donors (Lipinski definition) is 3. The monoisotopic (exact) mass is 452 g/mol. The summed E-state index contributed by atoms with van der Waals surface area (Å²) in [7, 11) is 1.43. The van der Waals surface area contributed by atoms with Gasteiger partial charge in [-0.3, -0.25) is 0 Å². The molecule has 1 heterocycles. The number of esters is 1. The lowest BCUT2D eigenvalue weighted by molar-refractivity contribution is -0.195. The van der Waals surface area contributed by atoms with E-state index in [0.717, 1.165) is 5.56 Å². The summed E-state index contributed by atoms with van der Waals surface area (Å²) >= 11 is 6.31. The van der Waals surface area contributed by atoms with E-state index in [4.69, 9.17) is 30.5 Å². The van der Waals surface area contributed by atoms with Gasteiger partial charge < -0.3 is 34.3 Å². The van der Waals surface area contributed by atoms with E-state index in [1.165, 1.54) is 19.2 Å². The van der Waals surface area contributed by atoms with Gasteiger partial charge in [-0.05, 0) is 17.7 Å². The van der Waals surface area contributed by atoms with Crippen LogP contribution in [-0.2, 0) is 15.9 Å². The maximum Gasteiger partial charge on any atom is 0.338 e. The van der Waals surface area contributed by atoms with E-state index in [-0.39, 0.29) is 29.5 Å². The Morgan fingerprint density at radius 2 is 1.90 bits per heavy atom. The van der Waals surface area contributed by atoms with Gasteiger partial charge in [0, 0.05) is 6.42 Å². The number of halogens is 1. The first kappa shape index (κ1) is 23.3. The summed E-state index contributed by atoms with van der Waals surface area (Å²) in [6, 6.07) is 12.7. The minimum absolute atomic E-state index is 0.128. The summed E-state index contributed by atoms with van der Waals surface area (Å²) in [5, 5.41) is 29.3. The third kappa shape index (κ3) is 5.87. The minimum Gasteiger partial charge on any atom is -0.493 e. The molecule has 8 nitrogen and oxygen atoms in total. The number of aliphatic hydroxyl groups excluding tert-OH is 3. The topological polar surface area (TPSA) is 115 Å². The largest absolute Gasteiger partial charge is 0.493 e. The zero-order valence-corrected chi connectivity index (χ0v) is 17.7. The number of benzene rings is 2. The van der Waals surface area contributed by atoms with Gasteiger partial charge in [0.1, 0.15) is 31.0 Å². The smallest absolute Gasteiger partial charge is 0.338 e. The molecule has 3 rings (SSSR count). The number of ether oxygens (including phenoxy) is 4. The maximum absolute atomic E-state index is 12.4. The second-order valence-electron chi connectivity index (χ2n) is 7.09. The Kier molecular flexibility index (Phi) is 8.11. The van der Waals surface area contributed by atoms with Gasteiger partial charge in [0.25, 0.3) is 0 Å². The number of carbonyl (C=O) groups is 1. The fourth-order valence-corrected chi connectivity index (χ4v) is 3.41. The Hall–Kier alpha value is -2.36. The van der Waals surface area contributed by atoms with E-state index in [9.17, 15) is 20.1 Å². The van der Waals surface area contributed by atoms with Gasteiger partial charge in [-0.1, -0.05) is 41.9 Å². The standard InChI is InChI=1S/C22H25ClO8/c1-28-17-10-14(22(27)31-12-18-20(26)19(25)16(24)11-30-18)9-15(23)21(17)29-8-7-13-5-3-2-4-6-13/h2-6,9-10,16,18-20,24-26H,7-8,11-12H2,1H3/t16-,18+,19+,20-/m0/s1. The summed E-state index contributed by atoms with van der Waals surface area (Å²) in [6.07, 6.45) is -4.23. The molecular weight excluding hydrogens is 428 g/mol. The third-order valence-corrected chi connectivity index (χ3v) is 5.21. The summed E-state index contributed by atoms with van der Waals surface area (Å²) in [5.41, 5.74) is 1.24. The second kappa shape index (κ2) is 10.8. The van der Waals surface area contributed by atoms with Gasteiger partial charge >= 0.3 is 5.97 Å². The lowest BCUT2D eigenvalue weighted by Gasteiger charge is -2.34. The van der Waals surface area contributed by atoms with Crippen molar-refractivity contribution < 1.29 is 39.1 Å². The normalized spacial score (nSPS) is 23.3. The van der Waals surface area contributed by atoms with Crippen molar-refractivity contribution >= 4 is 17.6 Å². The Balaban J connectivity index is 1.61. The van der Waals surface area contributed by atoms with Gasteiger partial charge in [-0.25, -0.2) is 4.79 Å². The molecule has 2 aromatic carbocycles. The van der Waals surface area contributed by atoms with Crippen LogP contribution in [0, 0.1) is 0 Å². The summed E-state index contributed by atoms with van der Waals surface area (Å²) in [4.78, 5) is 12.4. The molecular formula is C22H25ClO8. The molecule has 1 fully saturated rings. The van der Waals surface area contributed by atoms with E-state index in [1.54, 1.807) is 0 Å². The predicted octanol–water partition coefficient (Wildman–Crippen LogP) is 1.61. The molecule has 168 valence electrons. The molecule has 2 aromatic rings. The fraction of sp³-hybridized carbons (Fsp3) is 0.409. The lowest BCUT2D eigenvalue weighted by atomic mass is 10.0. The lowest BCUT2D eigenvalue weighted by Crippen LogP contribution is -2.54. The quantitative estimate of drug-likeness (QED) is 0.517. The third-order valence-electron chi connectivity index (χ3n) is 4.93. The van der Waals surface area contributed by atoms with Crippen molar-refractivity contribution in [3.8, 4) is 11.5 Å². The summed E-state index contributed by atoms with van der Waals surface area (Å²) in [6.45, 7) is -0.108. The van der Waals surface area contributed by atoms with Crippen LogP contribution in [0.15, 0.2) is 42.5 Å². The van der Waals surface area contributed by atoms with Crippen molar-refractivity contribution in [2.24, 2.45) is 0 Å². The fourth-order valence-electron chi connectivity index (χ4n) is 3.15. The number of rotatable bonds is 8. The molecule has 0 bridgehead atoms. The number of hydrogen-bond acceptors (Lipinski definition) is 8. The second-order valence-corrected chi connectivity index (χ2v) is 7.50. The minimum atomic E-state index is -1.38. The van der Waals surface area contributed by atoms with Crippen molar-refractivity contribution in [2.45, 2.75) is 30.8 Å². The van der Waals surface area contributed by atoms with E-state index in [2.05, 4.69) is 0 Å². The van der Waals surface area contributed by atoms with Crippen LogP contribution in [0.1, 0.15) is 15.9 Å². The van der Waals surface area contributed by atoms with Crippen LogP contribution >= 0.6 is 11.6 Å². The van der Waals surface area contributed by atoms with Crippen molar-refractivity contribution in [3.05, 3.63) is 58.6 Å². The van der Waals surface area contributed by atoms with Gasteiger partial charge in [0.15, 0.2) is 11.5 Å². The van der Waals surface area contributed by atoms with Crippen LogP contribution in [0.3, 0.4) is 0 Å². The Morgan fingerprint density at radius 1 is 1.16 bits per heavy atom. The number of methoxy groups -OCH3 is 1. The van der Waals surface area contributed by atoms with E-state index in [0.29, 0.717) is 18.8 Å². The van der Waals surface area contributed by atoms with E-state index < -0.39 is 30.4 Å². The van der Waals surface area contributed by atoms with Crippen LogP contribution in [-0.4, -0.2) is 72.6 Å². The highest BCUT2D eigenvalue weighted by atomic mass is 35.5. The highest BCUT2D eigenvalue weighted by Crippen LogP contribution is 2.36. The van der Waals surface area contributed by atoms with Crippen molar-refractivity contribution in [1.29, 1.82) is 0 Å². The van der Waals surface area contributed by atoms with Gasteiger partial charge in [-0.15, -0.1) is 0 Å². The average molecular weight is 453 g/mol. The molecule has 1 aliphatic heterocycles. The van der Waals surface area contributed by atoms with Crippen LogP contribution in [0.25, 0.3) is 0 Å². The molecule has 0 spiro atoms. The van der Waals surface area contributed by atoms with Crippen LogP contribution in [0.2, 0.25) is 5.02 Å². The van der Waals surface area contributed by atoms with Crippen LogP contribution in [0.5, 0.6) is 11.5 Å². The van der Waals surface area contributed by atoms with Crippen LogP contribution < -0.4 is 9.47 Å². The average Bonchev–Trinajstić information content (AvgIpc) is 2.78. The molecule has 0 amide bonds. The molecule has 3 N–H and O–H groups in total. The van der Waals surface area contributed by atoms with Gasteiger partial charge in [-0.2, -0.15) is 0 Å². The molecule has 1 saturated heterocycles. The molecule has 4 atom stereocenters. The first-order valence-electron chi connectivity index (χ1n) is 9.78. The van der Waals surface area contributed by atoms with Crippen molar-refractivity contribution in [1.82, 2.24) is 0 Å². The van der Waals surface area contributed by atoms with E-state index in [1.807, 2.05) is 30.3 Å². The number of aliphatic hydroxyl groups is 3. The van der Waals surface area contributed by atoms with Crippen molar-refractivity contribution in [3.63, 3.8) is 0 Å². The first-order valence-corrected chi connectivity index (χ1v) is 10.2. The van der Waals surface area contributed by atoms with E-state index >= 15 is 0 Å². The van der Waals surface area contributed by atoms with Crippen LogP contribution in [0.4, 0.5) is 0 Å². The summed E-state index contributed by atoms with van der Waals surface area (Å²) < 4.78 is 21.5. The SMILES string of the molecule is COc1cc(C(=O)OC[C@H]2OC[C@H](O)[C@@H](O)[C@H]2O)cc(Cl)c1OCCc1ccccc1. The molecule has 0 unspecified atom stereocenters.